The van der Waals surface area contributed by atoms with Crippen molar-refractivity contribution >= 4 is 32.7 Å². The Labute approximate surface area is 152 Å². The fourth-order valence-electron chi connectivity index (χ4n) is 2.73. The van der Waals surface area contributed by atoms with Gasteiger partial charge in [0.25, 0.3) is 0 Å². The van der Waals surface area contributed by atoms with Gasteiger partial charge < -0.3 is 0 Å². The van der Waals surface area contributed by atoms with Crippen LogP contribution in [-0.4, -0.2) is 54.5 Å². The van der Waals surface area contributed by atoms with Crippen molar-refractivity contribution in [2.75, 3.05) is 31.9 Å². The Morgan fingerprint density at radius 3 is 2.67 bits per heavy atom. The number of nitrogens with zero attached hydrogens (tertiary/aromatic N) is 3. The Kier molecular flexibility index (Phi) is 6.04. The molecule has 0 unspecified atom stereocenters. The first-order valence-corrected chi connectivity index (χ1v) is 11.6. The molecular formula is C16H23N3O2S3. The minimum atomic E-state index is -3.07. The molecule has 0 atom stereocenters. The molecule has 0 aliphatic carbocycles. The van der Waals surface area contributed by atoms with Crippen LogP contribution in [0.25, 0.3) is 10.6 Å². The summed E-state index contributed by atoms with van der Waals surface area (Å²) in [4.78, 5) is 8.20. The molecule has 3 heterocycles. The maximum Gasteiger partial charge on any atom is 0.214 e. The van der Waals surface area contributed by atoms with Crippen molar-refractivity contribution in [2.24, 2.45) is 0 Å². The highest BCUT2D eigenvalue weighted by Crippen LogP contribution is 2.26. The third kappa shape index (κ3) is 4.43. The van der Waals surface area contributed by atoms with Gasteiger partial charge in [0.1, 0.15) is 5.01 Å². The molecule has 1 fully saturated rings. The molecule has 0 amide bonds. The normalized spacial score (nSPS) is 17.4. The van der Waals surface area contributed by atoms with Crippen molar-refractivity contribution in [1.82, 2.24) is 14.2 Å². The maximum absolute atomic E-state index is 12.2. The lowest BCUT2D eigenvalue weighted by atomic mass is 10.3. The SMILES string of the molecule is CCCCS(=O)(=O)N1CCN(Cc2nc(-c3cccs3)cs2)CC1. The molecule has 1 aliphatic heterocycles. The van der Waals surface area contributed by atoms with E-state index < -0.39 is 10.0 Å². The number of hydrogen-bond acceptors (Lipinski definition) is 6. The third-order valence-corrected chi connectivity index (χ3v) is 7.85. The number of unbranched alkanes of at least 4 members (excludes halogenated alkanes) is 1. The molecule has 1 saturated heterocycles. The number of thiazole rings is 1. The van der Waals surface area contributed by atoms with E-state index in [2.05, 4.69) is 21.7 Å². The lowest BCUT2D eigenvalue weighted by Gasteiger charge is -2.33. The summed E-state index contributed by atoms with van der Waals surface area (Å²) < 4.78 is 26.1. The minimum Gasteiger partial charge on any atom is -0.294 e. The van der Waals surface area contributed by atoms with Crippen LogP contribution in [0.4, 0.5) is 0 Å². The van der Waals surface area contributed by atoms with Crippen LogP contribution in [0.5, 0.6) is 0 Å². The van der Waals surface area contributed by atoms with Gasteiger partial charge in [-0.2, -0.15) is 4.31 Å². The van der Waals surface area contributed by atoms with Crippen molar-refractivity contribution in [3.05, 3.63) is 27.9 Å². The molecule has 0 bridgehead atoms. The van der Waals surface area contributed by atoms with Crippen LogP contribution in [0.15, 0.2) is 22.9 Å². The van der Waals surface area contributed by atoms with Crippen LogP contribution in [-0.2, 0) is 16.6 Å². The van der Waals surface area contributed by atoms with Gasteiger partial charge in [0.2, 0.25) is 10.0 Å². The highest BCUT2D eigenvalue weighted by atomic mass is 32.2. The summed E-state index contributed by atoms with van der Waals surface area (Å²) in [5.41, 5.74) is 1.05. The molecule has 2 aromatic heterocycles. The van der Waals surface area contributed by atoms with Gasteiger partial charge in [-0.15, -0.1) is 22.7 Å². The molecule has 3 rings (SSSR count). The van der Waals surface area contributed by atoms with Gasteiger partial charge in [0.05, 0.1) is 22.9 Å². The molecule has 24 heavy (non-hydrogen) atoms. The van der Waals surface area contributed by atoms with Crippen LogP contribution >= 0.6 is 22.7 Å². The first-order chi connectivity index (χ1) is 11.6. The monoisotopic (exact) mass is 385 g/mol. The molecule has 0 N–H and O–H groups in total. The Morgan fingerprint density at radius 2 is 2.00 bits per heavy atom. The fourth-order valence-corrected chi connectivity index (χ4v) is 5.96. The molecule has 0 aromatic carbocycles. The number of sulfonamides is 1. The zero-order valence-electron chi connectivity index (χ0n) is 13.8. The summed E-state index contributed by atoms with van der Waals surface area (Å²) in [6.07, 6.45) is 1.66. The minimum absolute atomic E-state index is 0.278. The summed E-state index contributed by atoms with van der Waals surface area (Å²) in [6, 6.07) is 4.13. The predicted octanol–water partition coefficient (Wildman–Crippen LogP) is 3.12. The van der Waals surface area contributed by atoms with Crippen molar-refractivity contribution in [2.45, 2.75) is 26.3 Å². The number of thiophene rings is 1. The van der Waals surface area contributed by atoms with E-state index >= 15 is 0 Å². The van der Waals surface area contributed by atoms with E-state index in [9.17, 15) is 8.42 Å². The van der Waals surface area contributed by atoms with Crippen LogP contribution in [0.1, 0.15) is 24.8 Å². The Hall–Kier alpha value is -0.800. The predicted molar refractivity (Wildman–Crippen MR) is 101 cm³/mol. The van der Waals surface area contributed by atoms with E-state index in [4.69, 9.17) is 4.98 Å². The molecule has 0 saturated carbocycles. The third-order valence-electron chi connectivity index (χ3n) is 4.16. The molecule has 2 aromatic rings. The zero-order valence-corrected chi connectivity index (χ0v) is 16.3. The molecule has 8 heteroatoms. The second-order valence-corrected chi connectivity index (χ2v) is 9.93. The van der Waals surface area contributed by atoms with E-state index in [0.717, 1.165) is 43.2 Å². The summed E-state index contributed by atoms with van der Waals surface area (Å²) in [5.74, 6) is 0.278. The van der Waals surface area contributed by atoms with E-state index in [-0.39, 0.29) is 5.75 Å². The molecule has 1 aliphatic rings. The van der Waals surface area contributed by atoms with Crippen LogP contribution in [0.2, 0.25) is 0 Å². The molecule has 5 nitrogen and oxygen atoms in total. The van der Waals surface area contributed by atoms with Gasteiger partial charge >= 0.3 is 0 Å². The second-order valence-electron chi connectivity index (χ2n) is 5.95. The topological polar surface area (TPSA) is 53.5 Å². The maximum atomic E-state index is 12.2. The van der Waals surface area contributed by atoms with Gasteiger partial charge in [0, 0.05) is 31.6 Å². The van der Waals surface area contributed by atoms with Crippen molar-refractivity contribution in [3.8, 4) is 10.6 Å². The van der Waals surface area contributed by atoms with Gasteiger partial charge in [0.15, 0.2) is 0 Å². The standard InChI is InChI=1S/C16H23N3O2S3/c1-2-3-11-24(20,21)19-8-6-18(7-9-19)12-16-17-14(13-23-16)15-5-4-10-22-15/h4-5,10,13H,2-3,6-9,11-12H2,1H3. The molecular weight excluding hydrogens is 362 g/mol. The zero-order chi connectivity index (χ0) is 17.0. The summed E-state index contributed by atoms with van der Waals surface area (Å²) in [7, 11) is -3.07. The highest BCUT2D eigenvalue weighted by Gasteiger charge is 2.26. The van der Waals surface area contributed by atoms with E-state index in [1.54, 1.807) is 27.0 Å². The van der Waals surface area contributed by atoms with Crippen LogP contribution < -0.4 is 0 Å². The number of piperazine rings is 1. The second kappa shape index (κ2) is 8.05. The largest absolute Gasteiger partial charge is 0.294 e. The lowest BCUT2D eigenvalue weighted by Crippen LogP contribution is -2.48. The Balaban J connectivity index is 1.52. The van der Waals surface area contributed by atoms with Gasteiger partial charge in [-0.05, 0) is 17.9 Å². The molecule has 0 spiro atoms. The Bertz CT molecular complexity index is 732. The van der Waals surface area contributed by atoms with Crippen molar-refractivity contribution < 1.29 is 8.42 Å². The van der Waals surface area contributed by atoms with E-state index in [1.807, 2.05) is 13.0 Å². The van der Waals surface area contributed by atoms with E-state index in [0.29, 0.717) is 13.1 Å². The quantitative estimate of drug-likeness (QED) is 0.735. The van der Waals surface area contributed by atoms with Crippen LogP contribution in [0.3, 0.4) is 0 Å². The Morgan fingerprint density at radius 1 is 1.21 bits per heavy atom. The van der Waals surface area contributed by atoms with E-state index in [1.165, 1.54) is 4.88 Å². The molecule has 0 radical (unpaired) electrons. The number of hydrogen-bond donors (Lipinski definition) is 0. The summed E-state index contributed by atoms with van der Waals surface area (Å²) in [5, 5.41) is 5.26. The average Bonchev–Trinajstić information content (AvgIpc) is 3.25. The first kappa shape index (κ1) is 18.0. The fraction of sp³-hybridized carbons (Fsp3) is 0.562. The van der Waals surface area contributed by atoms with Gasteiger partial charge in [-0.1, -0.05) is 19.4 Å². The molecule has 132 valence electrons. The summed E-state index contributed by atoms with van der Waals surface area (Å²) in [6.45, 7) is 5.56. The smallest absolute Gasteiger partial charge is 0.214 e. The van der Waals surface area contributed by atoms with Gasteiger partial charge in [-0.25, -0.2) is 13.4 Å². The number of aromatic nitrogens is 1. The number of rotatable bonds is 7. The summed E-state index contributed by atoms with van der Waals surface area (Å²) >= 11 is 3.38. The van der Waals surface area contributed by atoms with Crippen LogP contribution in [0, 0.1) is 0 Å². The van der Waals surface area contributed by atoms with Crippen molar-refractivity contribution in [3.63, 3.8) is 0 Å². The average molecular weight is 386 g/mol. The van der Waals surface area contributed by atoms with Gasteiger partial charge in [-0.3, -0.25) is 4.90 Å². The lowest BCUT2D eigenvalue weighted by molar-refractivity contribution is 0.181. The highest BCUT2D eigenvalue weighted by molar-refractivity contribution is 7.89. The first-order valence-electron chi connectivity index (χ1n) is 8.27. The van der Waals surface area contributed by atoms with Crippen molar-refractivity contribution in [1.29, 1.82) is 0 Å².